The van der Waals surface area contributed by atoms with E-state index in [1.807, 2.05) is 55.7 Å². The highest BCUT2D eigenvalue weighted by molar-refractivity contribution is 5.85. The van der Waals surface area contributed by atoms with E-state index in [-0.39, 0.29) is 0 Å². The molecule has 152 valence electrons. The highest BCUT2D eigenvalue weighted by Crippen LogP contribution is 2.18. The first-order valence-electron chi connectivity index (χ1n) is 10.2. The van der Waals surface area contributed by atoms with E-state index in [9.17, 15) is 0 Å². The van der Waals surface area contributed by atoms with Crippen LogP contribution in [0, 0.1) is 6.92 Å². The number of pyridine rings is 2. The molecule has 0 atom stereocenters. The maximum Gasteiger partial charge on any atom is 0.196 e. The second-order valence-corrected chi connectivity index (χ2v) is 7.26. The monoisotopic (exact) mass is 390 g/mol. The van der Waals surface area contributed by atoms with Crippen molar-refractivity contribution in [3.63, 3.8) is 0 Å². The van der Waals surface area contributed by atoms with E-state index in [2.05, 4.69) is 26.8 Å². The Bertz CT molecular complexity index is 849. The van der Waals surface area contributed by atoms with Crippen molar-refractivity contribution in [3.8, 4) is 0 Å². The first kappa shape index (κ1) is 20.6. The number of likely N-dealkylation sites (tertiary alicyclic amines) is 1. The number of hydrogen-bond donors (Lipinski definition) is 2. The van der Waals surface area contributed by atoms with Gasteiger partial charge in [0.05, 0.1) is 5.70 Å². The normalized spacial score (nSPS) is 15.3. The summed E-state index contributed by atoms with van der Waals surface area (Å²) >= 11 is 0. The second-order valence-electron chi connectivity index (χ2n) is 7.26. The molecule has 2 aromatic heterocycles. The molecule has 0 bridgehead atoms. The van der Waals surface area contributed by atoms with Crippen LogP contribution in [0.4, 0.5) is 0 Å². The van der Waals surface area contributed by atoms with Gasteiger partial charge in [0.1, 0.15) is 0 Å². The number of rotatable bonds is 7. The van der Waals surface area contributed by atoms with Crippen LogP contribution in [-0.4, -0.2) is 40.5 Å². The Balaban J connectivity index is 1.72. The Kier molecular flexibility index (Phi) is 7.39. The van der Waals surface area contributed by atoms with Gasteiger partial charge in [-0.25, -0.2) is 4.99 Å². The van der Waals surface area contributed by atoms with Gasteiger partial charge in [-0.1, -0.05) is 12.6 Å². The molecule has 6 nitrogen and oxygen atoms in total. The summed E-state index contributed by atoms with van der Waals surface area (Å²) in [6, 6.07) is 9.94. The zero-order valence-corrected chi connectivity index (χ0v) is 17.1. The van der Waals surface area contributed by atoms with E-state index in [1.165, 1.54) is 6.42 Å². The number of allylic oxidation sites excluding steroid dienone is 1. The predicted octanol–water partition coefficient (Wildman–Crippen LogP) is 3.27. The van der Waals surface area contributed by atoms with Gasteiger partial charge in [-0.05, 0) is 56.5 Å². The van der Waals surface area contributed by atoms with Crippen molar-refractivity contribution in [2.75, 3.05) is 19.6 Å². The van der Waals surface area contributed by atoms with Gasteiger partial charge in [0, 0.05) is 61.1 Å². The molecule has 1 aliphatic rings. The van der Waals surface area contributed by atoms with Crippen molar-refractivity contribution < 1.29 is 0 Å². The van der Waals surface area contributed by atoms with Crippen molar-refractivity contribution >= 4 is 11.7 Å². The second kappa shape index (κ2) is 10.4. The molecule has 3 heterocycles. The number of hydrogen-bond acceptors (Lipinski definition) is 4. The SMILES string of the molecule is C=C(/C=C(\N=C(N)N1CCCCC1)c1ccc(C)nc1)NCCc1ccccn1. The fraction of sp³-hybridized carbons (Fsp3) is 0.348. The number of guanidine groups is 1. The maximum absolute atomic E-state index is 6.32. The minimum atomic E-state index is 0.554. The van der Waals surface area contributed by atoms with E-state index < -0.39 is 0 Å². The Labute approximate surface area is 173 Å². The molecule has 0 aromatic carbocycles. The van der Waals surface area contributed by atoms with Crippen molar-refractivity contribution in [2.24, 2.45) is 10.7 Å². The summed E-state index contributed by atoms with van der Waals surface area (Å²) in [4.78, 5) is 15.6. The van der Waals surface area contributed by atoms with Gasteiger partial charge < -0.3 is 16.0 Å². The Morgan fingerprint density at radius 2 is 2.03 bits per heavy atom. The maximum atomic E-state index is 6.32. The fourth-order valence-electron chi connectivity index (χ4n) is 3.23. The van der Waals surface area contributed by atoms with Crippen LogP contribution in [-0.2, 0) is 6.42 Å². The molecule has 29 heavy (non-hydrogen) atoms. The molecule has 1 fully saturated rings. The quantitative estimate of drug-likeness (QED) is 0.431. The lowest BCUT2D eigenvalue weighted by Crippen LogP contribution is -2.40. The third-order valence-electron chi connectivity index (χ3n) is 4.89. The van der Waals surface area contributed by atoms with Crippen LogP contribution in [0.25, 0.3) is 5.70 Å². The van der Waals surface area contributed by atoms with E-state index in [4.69, 9.17) is 10.7 Å². The third kappa shape index (κ3) is 6.45. The highest BCUT2D eigenvalue weighted by Gasteiger charge is 2.13. The van der Waals surface area contributed by atoms with Gasteiger partial charge in [0.15, 0.2) is 5.96 Å². The van der Waals surface area contributed by atoms with Crippen LogP contribution in [0.2, 0.25) is 0 Å². The topological polar surface area (TPSA) is 79.4 Å². The molecular weight excluding hydrogens is 360 g/mol. The van der Waals surface area contributed by atoms with Gasteiger partial charge in [0.25, 0.3) is 0 Å². The molecule has 0 unspecified atom stereocenters. The minimum Gasteiger partial charge on any atom is -0.385 e. The molecule has 0 radical (unpaired) electrons. The summed E-state index contributed by atoms with van der Waals surface area (Å²) in [5.74, 6) is 0.554. The average Bonchev–Trinajstić information content (AvgIpc) is 2.75. The molecule has 0 amide bonds. The van der Waals surface area contributed by atoms with Gasteiger partial charge in [0.2, 0.25) is 0 Å². The lowest BCUT2D eigenvalue weighted by Gasteiger charge is -2.27. The number of piperidine rings is 1. The summed E-state index contributed by atoms with van der Waals surface area (Å²) in [6.45, 7) is 8.77. The molecule has 1 saturated heterocycles. The Hall–Kier alpha value is -3.15. The summed E-state index contributed by atoms with van der Waals surface area (Å²) in [5.41, 5.74) is 10.8. The van der Waals surface area contributed by atoms with Crippen LogP contribution in [0.1, 0.15) is 36.2 Å². The number of nitrogens with zero attached hydrogens (tertiary/aromatic N) is 4. The van der Waals surface area contributed by atoms with Crippen LogP contribution in [0.3, 0.4) is 0 Å². The summed E-state index contributed by atoms with van der Waals surface area (Å²) in [5, 5.41) is 3.34. The van der Waals surface area contributed by atoms with E-state index in [0.29, 0.717) is 5.96 Å². The van der Waals surface area contributed by atoms with Crippen molar-refractivity contribution in [1.82, 2.24) is 20.2 Å². The highest BCUT2D eigenvalue weighted by atomic mass is 15.3. The number of nitrogens with one attached hydrogen (secondary N) is 1. The fourth-order valence-corrected chi connectivity index (χ4v) is 3.23. The minimum absolute atomic E-state index is 0.554. The van der Waals surface area contributed by atoms with Gasteiger partial charge in [-0.2, -0.15) is 0 Å². The first-order valence-corrected chi connectivity index (χ1v) is 10.2. The number of aliphatic imine (C=N–C) groups is 1. The van der Waals surface area contributed by atoms with E-state index in [0.717, 1.165) is 67.2 Å². The molecule has 3 N–H and O–H groups in total. The molecule has 0 saturated carbocycles. The zero-order chi connectivity index (χ0) is 20.5. The van der Waals surface area contributed by atoms with Gasteiger partial charge in [-0.15, -0.1) is 0 Å². The molecule has 6 heteroatoms. The van der Waals surface area contributed by atoms with Crippen molar-refractivity contribution in [3.05, 3.63) is 78.0 Å². The standard InChI is InChI=1S/C23H30N6/c1-18-9-10-20(17-27-18)22(28-23(24)29-14-6-3-7-15-29)16-19(2)25-13-11-21-8-4-5-12-26-21/h4-5,8-10,12,16-17,25H,2-3,6-7,11,13-15H2,1H3,(H2,24,28)/b22-16-. The summed E-state index contributed by atoms with van der Waals surface area (Å²) in [6.07, 6.45) is 9.97. The lowest BCUT2D eigenvalue weighted by molar-refractivity contribution is 0.339. The smallest absolute Gasteiger partial charge is 0.196 e. The Morgan fingerprint density at radius 1 is 1.21 bits per heavy atom. The average molecular weight is 391 g/mol. The molecule has 0 spiro atoms. The predicted molar refractivity (Wildman–Crippen MR) is 119 cm³/mol. The molecule has 3 rings (SSSR count). The van der Waals surface area contributed by atoms with E-state index >= 15 is 0 Å². The zero-order valence-electron chi connectivity index (χ0n) is 17.1. The third-order valence-corrected chi connectivity index (χ3v) is 4.89. The van der Waals surface area contributed by atoms with Crippen LogP contribution >= 0.6 is 0 Å². The van der Waals surface area contributed by atoms with Gasteiger partial charge in [-0.3, -0.25) is 9.97 Å². The molecule has 1 aliphatic heterocycles. The van der Waals surface area contributed by atoms with Crippen LogP contribution in [0.5, 0.6) is 0 Å². The Morgan fingerprint density at radius 3 is 2.72 bits per heavy atom. The molecule has 2 aromatic rings. The number of aryl methyl sites for hydroxylation is 1. The van der Waals surface area contributed by atoms with E-state index in [1.54, 1.807) is 0 Å². The largest absolute Gasteiger partial charge is 0.385 e. The summed E-state index contributed by atoms with van der Waals surface area (Å²) in [7, 11) is 0. The van der Waals surface area contributed by atoms with Crippen LogP contribution < -0.4 is 11.1 Å². The lowest BCUT2D eigenvalue weighted by atomic mass is 10.1. The first-order chi connectivity index (χ1) is 14.1. The van der Waals surface area contributed by atoms with Crippen molar-refractivity contribution in [2.45, 2.75) is 32.6 Å². The van der Waals surface area contributed by atoms with Crippen molar-refractivity contribution in [1.29, 1.82) is 0 Å². The molecular formula is C23H30N6. The number of nitrogens with two attached hydrogens (primary N) is 1. The van der Waals surface area contributed by atoms with Crippen LogP contribution in [0.15, 0.2) is 66.1 Å². The molecule has 0 aliphatic carbocycles. The van der Waals surface area contributed by atoms with Gasteiger partial charge >= 0.3 is 0 Å². The number of aromatic nitrogens is 2. The summed E-state index contributed by atoms with van der Waals surface area (Å²) < 4.78 is 0.